The lowest BCUT2D eigenvalue weighted by atomic mass is 10.1. The predicted octanol–water partition coefficient (Wildman–Crippen LogP) is 3.73. The van der Waals surface area contributed by atoms with Crippen molar-refractivity contribution < 1.29 is 4.39 Å². The van der Waals surface area contributed by atoms with E-state index in [0.717, 1.165) is 18.5 Å². The molecule has 0 amide bonds. The molecule has 0 saturated carbocycles. The third-order valence-electron chi connectivity index (χ3n) is 2.53. The van der Waals surface area contributed by atoms with Gasteiger partial charge in [-0.25, -0.2) is 4.39 Å². The minimum atomic E-state index is -0.138. The van der Waals surface area contributed by atoms with E-state index in [2.05, 4.69) is 19.2 Å². The second kappa shape index (κ2) is 4.99. The topological polar surface area (TPSA) is 12.0 Å². The van der Waals surface area contributed by atoms with Crippen molar-refractivity contribution in [3.05, 3.63) is 29.6 Å². The van der Waals surface area contributed by atoms with Crippen LogP contribution in [-0.2, 0) is 0 Å². The lowest BCUT2D eigenvalue weighted by Crippen LogP contribution is -2.16. The van der Waals surface area contributed by atoms with Gasteiger partial charge in [0.15, 0.2) is 0 Å². The van der Waals surface area contributed by atoms with Crippen LogP contribution in [-0.4, -0.2) is 6.04 Å². The SMILES string of the molecule is CCC(CC)Nc1ccc(C)c(F)c1. The Morgan fingerprint density at radius 3 is 2.43 bits per heavy atom. The maximum atomic E-state index is 13.2. The largest absolute Gasteiger partial charge is 0.382 e. The van der Waals surface area contributed by atoms with Gasteiger partial charge in [0, 0.05) is 11.7 Å². The first-order valence-electron chi connectivity index (χ1n) is 5.20. The predicted molar refractivity (Wildman–Crippen MR) is 59.1 cm³/mol. The minimum Gasteiger partial charge on any atom is -0.382 e. The van der Waals surface area contributed by atoms with Gasteiger partial charge >= 0.3 is 0 Å². The van der Waals surface area contributed by atoms with Gasteiger partial charge in [-0.3, -0.25) is 0 Å². The molecule has 14 heavy (non-hydrogen) atoms. The number of halogens is 1. The van der Waals surface area contributed by atoms with Crippen LogP contribution in [0.2, 0.25) is 0 Å². The average Bonchev–Trinajstić information content (AvgIpc) is 2.19. The molecule has 0 aliphatic carbocycles. The molecule has 1 N–H and O–H groups in total. The van der Waals surface area contributed by atoms with Crippen molar-refractivity contribution in [3.8, 4) is 0 Å². The van der Waals surface area contributed by atoms with E-state index in [-0.39, 0.29) is 5.82 Å². The molecule has 0 aliphatic heterocycles. The Labute approximate surface area is 85.3 Å². The smallest absolute Gasteiger partial charge is 0.128 e. The van der Waals surface area contributed by atoms with Crippen LogP contribution in [0.15, 0.2) is 18.2 Å². The summed E-state index contributed by atoms with van der Waals surface area (Å²) in [6.07, 6.45) is 2.12. The molecular formula is C12H18FN. The number of aryl methyl sites for hydroxylation is 1. The van der Waals surface area contributed by atoms with E-state index in [4.69, 9.17) is 0 Å². The zero-order valence-corrected chi connectivity index (χ0v) is 9.10. The summed E-state index contributed by atoms with van der Waals surface area (Å²) in [5.74, 6) is -0.138. The van der Waals surface area contributed by atoms with Crippen LogP contribution in [0.4, 0.5) is 10.1 Å². The van der Waals surface area contributed by atoms with Crippen LogP contribution in [0.5, 0.6) is 0 Å². The van der Waals surface area contributed by atoms with Crippen molar-refractivity contribution in [1.82, 2.24) is 0 Å². The fourth-order valence-corrected chi connectivity index (χ4v) is 1.41. The van der Waals surface area contributed by atoms with E-state index in [0.29, 0.717) is 11.6 Å². The molecule has 0 fully saturated rings. The molecule has 0 aromatic heterocycles. The second-order valence-electron chi connectivity index (χ2n) is 3.62. The number of hydrogen-bond acceptors (Lipinski definition) is 1. The Morgan fingerprint density at radius 2 is 1.93 bits per heavy atom. The van der Waals surface area contributed by atoms with Gasteiger partial charge in [0.05, 0.1) is 0 Å². The maximum Gasteiger partial charge on any atom is 0.128 e. The highest BCUT2D eigenvalue weighted by Crippen LogP contribution is 2.15. The highest BCUT2D eigenvalue weighted by atomic mass is 19.1. The maximum absolute atomic E-state index is 13.2. The molecule has 0 bridgehead atoms. The van der Waals surface area contributed by atoms with Crippen molar-refractivity contribution in [1.29, 1.82) is 0 Å². The van der Waals surface area contributed by atoms with Crippen LogP contribution in [0.1, 0.15) is 32.3 Å². The first-order valence-corrected chi connectivity index (χ1v) is 5.20. The minimum absolute atomic E-state index is 0.138. The lowest BCUT2D eigenvalue weighted by molar-refractivity contribution is 0.617. The van der Waals surface area contributed by atoms with Gasteiger partial charge in [-0.1, -0.05) is 19.9 Å². The van der Waals surface area contributed by atoms with Crippen LogP contribution in [0.25, 0.3) is 0 Å². The fraction of sp³-hybridized carbons (Fsp3) is 0.500. The number of rotatable bonds is 4. The number of hydrogen-bond donors (Lipinski definition) is 1. The third kappa shape index (κ3) is 2.72. The quantitative estimate of drug-likeness (QED) is 0.771. The summed E-state index contributed by atoms with van der Waals surface area (Å²) in [6, 6.07) is 5.74. The molecule has 1 nitrogen and oxygen atoms in total. The van der Waals surface area contributed by atoms with Crippen molar-refractivity contribution in [2.45, 2.75) is 39.7 Å². The van der Waals surface area contributed by atoms with Crippen LogP contribution in [0.3, 0.4) is 0 Å². The van der Waals surface area contributed by atoms with E-state index in [1.54, 1.807) is 19.1 Å². The summed E-state index contributed by atoms with van der Waals surface area (Å²) in [6.45, 7) is 6.04. The number of benzene rings is 1. The van der Waals surface area contributed by atoms with Gasteiger partial charge in [-0.05, 0) is 37.5 Å². The molecule has 0 spiro atoms. The second-order valence-corrected chi connectivity index (χ2v) is 3.62. The van der Waals surface area contributed by atoms with E-state index in [9.17, 15) is 4.39 Å². The first kappa shape index (κ1) is 11.0. The van der Waals surface area contributed by atoms with E-state index >= 15 is 0 Å². The molecule has 78 valence electrons. The molecular weight excluding hydrogens is 177 g/mol. The van der Waals surface area contributed by atoms with E-state index < -0.39 is 0 Å². The molecule has 2 heteroatoms. The van der Waals surface area contributed by atoms with Crippen molar-refractivity contribution in [2.24, 2.45) is 0 Å². The van der Waals surface area contributed by atoms with Crippen LogP contribution < -0.4 is 5.32 Å². The Bertz CT molecular complexity index is 292. The summed E-state index contributed by atoms with van der Waals surface area (Å²) < 4.78 is 13.2. The molecule has 0 heterocycles. The lowest BCUT2D eigenvalue weighted by Gasteiger charge is -2.16. The zero-order valence-electron chi connectivity index (χ0n) is 9.10. The normalized spacial score (nSPS) is 10.6. The molecule has 0 atom stereocenters. The molecule has 0 radical (unpaired) electrons. The van der Waals surface area contributed by atoms with Crippen LogP contribution >= 0.6 is 0 Å². The fourth-order valence-electron chi connectivity index (χ4n) is 1.41. The summed E-state index contributed by atoms with van der Waals surface area (Å²) in [4.78, 5) is 0. The van der Waals surface area contributed by atoms with E-state index in [1.165, 1.54) is 0 Å². The van der Waals surface area contributed by atoms with Gasteiger partial charge in [0.1, 0.15) is 5.82 Å². The molecule has 0 saturated heterocycles. The zero-order chi connectivity index (χ0) is 10.6. The highest BCUT2D eigenvalue weighted by Gasteiger charge is 2.04. The molecule has 0 aliphatic rings. The van der Waals surface area contributed by atoms with Gasteiger partial charge in [0.2, 0.25) is 0 Å². The van der Waals surface area contributed by atoms with Gasteiger partial charge in [0.25, 0.3) is 0 Å². The number of nitrogens with one attached hydrogen (secondary N) is 1. The van der Waals surface area contributed by atoms with E-state index in [1.807, 2.05) is 6.07 Å². The third-order valence-corrected chi connectivity index (χ3v) is 2.53. The average molecular weight is 195 g/mol. The van der Waals surface area contributed by atoms with Crippen LogP contribution in [0, 0.1) is 12.7 Å². The molecule has 1 rings (SSSR count). The first-order chi connectivity index (χ1) is 6.67. The summed E-state index contributed by atoms with van der Waals surface area (Å²) >= 11 is 0. The molecule has 1 aromatic rings. The Hall–Kier alpha value is -1.05. The van der Waals surface area contributed by atoms with Crippen molar-refractivity contribution in [3.63, 3.8) is 0 Å². The monoisotopic (exact) mass is 195 g/mol. The van der Waals surface area contributed by atoms with Gasteiger partial charge < -0.3 is 5.32 Å². The van der Waals surface area contributed by atoms with Gasteiger partial charge in [-0.15, -0.1) is 0 Å². The van der Waals surface area contributed by atoms with Crippen molar-refractivity contribution in [2.75, 3.05) is 5.32 Å². The Kier molecular flexibility index (Phi) is 3.93. The Morgan fingerprint density at radius 1 is 1.29 bits per heavy atom. The molecule has 0 unspecified atom stereocenters. The summed E-state index contributed by atoms with van der Waals surface area (Å²) in [5, 5.41) is 3.31. The standard InChI is InChI=1S/C12H18FN/c1-4-10(5-2)14-11-7-6-9(3)12(13)8-11/h6-8,10,14H,4-5H2,1-3H3. The summed E-state index contributed by atoms with van der Waals surface area (Å²) in [7, 11) is 0. The number of anilines is 1. The highest BCUT2D eigenvalue weighted by molar-refractivity contribution is 5.45. The molecule has 1 aromatic carbocycles. The summed E-state index contributed by atoms with van der Waals surface area (Å²) in [5.41, 5.74) is 1.57. The van der Waals surface area contributed by atoms with Gasteiger partial charge in [-0.2, -0.15) is 0 Å². The van der Waals surface area contributed by atoms with Crippen molar-refractivity contribution >= 4 is 5.69 Å². The Balaban J connectivity index is 2.72.